The third-order valence-electron chi connectivity index (χ3n) is 4.81. The van der Waals surface area contributed by atoms with Crippen LogP contribution in [0.4, 0.5) is 8.78 Å². The molecule has 0 saturated carbocycles. The molecule has 1 fully saturated rings. The van der Waals surface area contributed by atoms with Crippen LogP contribution in [-0.4, -0.2) is 47.7 Å². The van der Waals surface area contributed by atoms with Gasteiger partial charge >= 0.3 is 0 Å². The highest BCUT2D eigenvalue weighted by Gasteiger charge is 2.27. The van der Waals surface area contributed by atoms with Gasteiger partial charge in [0.25, 0.3) is 6.43 Å². The van der Waals surface area contributed by atoms with E-state index in [-0.39, 0.29) is 17.1 Å². The van der Waals surface area contributed by atoms with Crippen molar-refractivity contribution in [1.29, 1.82) is 0 Å². The fourth-order valence-electron chi connectivity index (χ4n) is 3.54. The van der Waals surface area contributed by atoms with Crippen molar-refractivity contribution < 1.29 is 13.5 Å². The van der Waals surface area contributed by atoms with Crippen LogP contribution >= 0.6 is 11.6 Å². The molecule has 1 aliphatic rings. The Hall–Kier alpha value is -2.72. The molecular weight excluding hydrogens is 392 g/mol. The average Bonchev–Trinajstić information content (AvgIpc) is 3.29. The zero-order chi connectivity index (χ0) is 19.3. The van der Waals surface area contributed by atoms with Crippen molar-refractivity contribution in [2.45, 2.75) is 25.3 Å². The molecule has 0 unspecified atom stereocenters. The maximum Gasteiger partial charge on any atom is 0.296 e. The van der Waals surface area contributed by atoms with Gasteiger partial charge in [-0.15, -0.1) is 5.10 Å². The quantitative estimate of drug-likeness (QED) is 0.485. The third-order valence-corrected chi connectivity index (χ3v) is 4.98. The standard InChI is InChI=1S/C17H14ClF2N7O/c18-17-22-14(26-11-4-2-1-3-10(11)21-16(26)13(19)20)12-15(23-17)27(25-24-12)9-5-7-28-8-6-9/h1-4,9,13H,5-8H2. The molecule has 4 aromatic rings. The van der Waals surface area contributed by atoms with E-state index < -0.39 is 12.2 Å². The molecule has 3 aromatic heterocycles. The fourth-order valence-corrected chi connectivity index (χ4v) is 3.70. The number of hydrogen-bond acceptors (Lipinski definition) is 6. The molecule has 11 heteroatoms. The van der Waals surface area contributed by atoms with Gasteiger partial charge in [-0.2, -0.15) is 9.97 Å². The number of ether oxygens (including phenoxy) is 1. The summed E-state index contributed by atoms with van der Waals surface area (Å²) in [5, 5.41) is 8.33. The second-order valence-corrected chi connectivity index (χ2v) is 6.80. The van der Waals surface area contributed by atoms with Crippen LogP contribution in [0.5, 0.6) is 0 Å². The molecule has 1 aromatic carbocycles. The summed E-state index contributed by atoms with van der Waals surface area (Å²) in [4.78, 5) is 12.5. The predicted octanol–water partition coefficient (Wildman–Crippen LogP) is 3.50. The number of para-hydroxylation sites is 2. The normalized spacial score (nSPS) is 15.9. The van der Waals surface area contributed by atoms with E-state index in [1.807, 2.05) is 0 Å². The Morgan fingerprint density at radius 2 is 1.89 bits per heavy atom. The van der Waals surface area contributed by atoms with Gasteiger partial charge in [0.1, 0.15) is 0 Å². The van der Waals surface area contributed by atoms with E-state index in [9.17, 15) is 8.78 Å². The number of alkyl halides is 2. The topological polar surface area (TPSA) is 83.5 Å². The van der Waals surface area contributed by atoms with E-state index in [1.165, 1.54) is 4.57 Å². The minimum atomic E-state index is -2.80. The van der Waals surface area contributed by atoms with Crippen molar-refractivity contribution in [3.63, 3.8) is 0 Å². The molecule has 0 bridgehead atoms. The van der Waals surface area contributed by atoms with Gasteiger partial charge < -0.3 is 4.74 Å². The largest absolute Gasteiger partial charge is 0.381 e. The third kappa shape index (κ3) is 2.71. The summed E-state index contributed by atoms with van der Waals surface area (Å²) in [6.07, 6.45) is -1.29. The first-order chi connectivity index (χ1) is 13.6. The summed E-state index contributed by atoms with van der Waals surface area (Å²) in [5.74, 6) is -0.296. The maximum atomic E-state index is 13.7. The van der Waals surface area contributed by atoms with Gasteiger partial charge in [0, 0.05) is 13.2 Å². The second-order valence-electron chi connectivity index (χ2n) is 6.46. The highest BCUT2D eigenvalue weighted by atomic mass is 35.5. The number of aromatic nitrogens is 7. The molecular formula is C17H14ClF2N7O. The van der Waals surface area contributed by atoms with Crippen LogP contribution in [0, 0.1) is 0 Å². The second kappa shape index (κ2) is 6.71. The van der Waals surface area contributed by atoms with Crippen LogP contribution in [0.3, 0.4) is 0 Å². The summed E-state index contributed by atoms with van der Waals surface area (Å²) >= 11 is 6.15. The first-order valence-electron chi connectivity index (χ1n) is 8.75. The van der Waals surface area contributed by atoms with Gasteiger partial charge in [-0.25, -0.2) is 18.4 Å². The number of imidazole rings is 1. The lowest BCUT2D eigenvalue weighted by Crippen LogP contribution is -2.21. The Bertz CT molecular complexity index is 1170. The van der Waals surface area contributed by atoms with Gasteiger partial charge in [-0.1, -0.05) is 17.3 Å². The lowest BCUT2D eigenvalue weighted by molar-refractivity contribution is 0.0668. The van der Waals surface area contributed by atoms with Crippen LogP contribution < -0.4 is 0 Å². The zero-order valence-electron chi connectivity index (χ0n) is 14.5. The summed E-state index contributed by atoms with van der Waals surface area (Å²) in [7, 11) is 0. The molecule has 1 aliphatic heterocycles. The number of rotatable bonds is 3. The first-order valence-corrected chi connectivity index (χ1v) is 9.13. The molecule has 5 rings (SSSR count). The van der Waals surface area contributed by atoms with Gasteiger partial charge in [-0.3, -0.25) is 4.57 Å². The van der Waals surface area contributed by atoms with E-state index in [0.717, 1.165) is 12.8 Å². The van der Waals surface area contributed by atoms with Crippen molar-refractivity contribution >= 4 is 33.8 Å². The number of hydrogen-bond donors (Lipinski definition) is 0. The number of benzene rings is 1. The lowest BCUT2D eigenvalue weighted by atomic mass is 10.1. The number of nitrogens with zero attached hydrogens (tertiary/aromatic N) is 7. The van der Waals surface area contributed by atoms with Crippen LogP contribution in [0.25, 0.3) is 28.0 Å². The Morgan fingerprint density at radius 3 is 2.68 bits per heavy atom. The molecule has 4 heterocycles. The molecule has 0 atom stereocenters. The van der Waals surface area contributed by atoms with Crippen LogP contribution in [0.15, 0.2) is 24.3 Å². The summed E-state index contributed by atoms with van der Waals surface area (Å²) in [5.41, 5.74) is 1.60. The molecule has 0 N–H and O–H groups in total. The molecule has 28 heavy (non-hydrogen) atoms. The highest BCUT2D eigenvalue weighted by Crippen LogP contribution is 2.31. The molecule has 144 valence electrons. The van der Waals surface area contributed by atoms with Crippen molar-refractivity contribution in [2.75, 3.05) is 13.2 Å². The van der Waals surface area contributed by atoms with Crippen LogP contribution in [0.2, 0.25) is 5.28 Å². The van der Waals surface area contributed by atoms with Gasteiger partial charge in [0.05, 0.1) is 17.1 Å². The van der Waals surface area contributed by atoms with E-state index >= 15 is 0 Å². The predicted molar refractivity (Wildman–Crippen MR) is 96.8 cm³/mol. The number of fused-ring (bicyclic) bond motifs is 2. The van der Waals surface area contributed by atoms with Crippen LogP contribution in [-0.2, 0) is 4.74 Å². The summed E-state index contributed by atoms with van der Waals surface area (Å²) in [6.45, 7) is 1.22. The average molecular weight is 406 g/mol. The SMILES string of the molecule is FC(F)c1nc2ccccc2n1-c1nc(Cl)nc2c1nnn2C1CCOCC1. The van der Waals surface area contributed by atoms with Crippen molar-refractivity contribution in [3.05, 3.63) is 35.4 Å². The maximum absolute atomic E-state index is 13.7. The highest BCUT2D eigenvalue weighted by molar-refractivity contribution is 6.28. The van der Waals surface area contributed by atoms with Crippen LogP contribution in [0.1, 0.15) is 31.1 Å². The molecule has 8 nitrogen and oxygen atoms in total. The van der Waals surface area contributed by atoms with Gasteiger partial charge in [0.15, 0.2) is 22.8 Å². The minimum absolute atomic E-state index is 0.0478. The fraction of sp³-hybridized carbons (Fsp3) is 0.353. The Labute approximate surface area is 162 Å². The molecule has 0 aliphatic carbocycles. The van der Waals surface area contributed by atoms with E-state index in [0.29, 0.717) is 35.4 Å². The van der Waals surface area contributed by atoms with Crippen molar-refractivity contribution in [2.24, 2.45) is 0 Å². The lowest BCUT2D eigenvalue weighted by Gasteiger charge is -2.21. The molecule has 1 saturated heterocycles. The smallest absolute Gasteiger partial charge is 0.296 e. The van der Waals surface area contributed by atoms with Crippen molar-refractivity contribution in [3.8, 4) is 5.82 Å². The van der Waals surface area contributed by atoms with Gasteiger partial charge in [0.2, 0.25) is 5.28 Å². The van der Waals surface area contributed by atoms with Crippen molar-refractivity contribution in [1.82, 2.24) is 34.5 Å². The first kappa shape index (κ1) is 17.4. The molecule has 0 radical (unpaired) electrons. The molecule has 0 amide bonds. The summed E-state index contributed by atoms with van der Waals surface area (Å²) < 4.78 is 35.8. The van der Waals surface area contributed by atoms with E-state index in [4.69, 9.17) is 16.3 Å². The monoisotopic (exact) mass is 405 g/mol. The Balaban J connectivity index is 1.77. The Morgan fingerprint density at radius 1 is 1.11 bits per heavy atom. The van der Waals surface area contributed by atoms with E-state index in [1.54, 1.807) is 28.9 Å². The number of halogens is 3. The Kier molecular flexibility index (Phi) is 4.17. The van der Waals surface area contributed by atoms with Gasteiger partial charge in [-0.05, 0) is 36.6 Å². The summed E-state index contributed by atoms with van der Waals surface area (Å²) in [6, 6.07) is 6.88. The minimum Gasteiger partial charge on any atom is -0.381 e. The molecule has 0 spiro atoms. The van der Waals surface area contributed by atoms with E-state index in [2.05, 4.69) is 25.3 Å². The zero-order valence-corrected chi connectivity index (χ0v) is 15.2.